The summed E-state index contributed by atoms with van der Waals surface area (Å²) in [6, 6.07) is 0.301. The second kappa shape index (κ2) is 5.07. The van der Waals surface area contributed by atoms with Crippen molar-refractivity contribution >= 4 is 0 Å². The maximum Gasteiger partial charge on any atom is 0.122 e. The van der Waals surface area contributed by atoms with E-state index in [1.165, 1.54) is 5.57 Å². The van der Waals surface area contributed by atoms with Crippen molar-refractivity contribution in [2.24, 2.45) is 5.73 Å². The summed E-state index contributed by atoms with van der Waals surface area (Å²) in [4.78, 5) is 0. The zero-order valence-electron chi connectivity index (χ0n) is 8.33. The topological polar surface area (TPSA) is 35.2 Å². The smallest absolute Gasteiger partial charge is 0.122 e. The molecule has 0 amide bonds. The van der Waals surface area contributed by atoms with Gasteiger partial charge >= 0.3 is 0 Å². The van der Waals surface area contributed by atoms with Crippen LogP contribution in [0, 0.1) is 0 Å². The highest BCUT2D eigenvalue weighted by atomic mass is 16.5. The van der Waals surface area contributed by atoms with Gasteiger partial charge in [-0.15, -0.1) is 0 Å². The summed E-state index contributed by atoms with van der Waals surface area (Å²) < 4.78 is 5.36. The molecule has 0 aromatic rings. The van der Waals surface area contributed by atoms with Crippen LogP contribution >= 0.6 is 0 Å². The molecule has 1 heterocycles. The molecule has 1 aliphatic heterocycles. The molecule has 0 aromatic heterocycles. The van der Waals surface area contributed by atoms with Gasteiger partial charge in [-0.05, 0) is 37.8 Å². The first-order chi connectivity index (χ1) is 6.20. The molecule has 1 rings (SSSR count). The Labute approximate surface area is 80.5 Å². The third-order valence-corrected chi connectivity index (χ3v) is 2.30. The molecule has 74 valence electrons. The van der Waals surface area contributed by atoms with Crippen molar-refractivity contribution in [2.45, 2.75) is 44.8 Å². The molecule has 2 atom stereocenters. The predicted octanol–water partition coefficient (Wildman–Crippen LogP) is 2.36. The van der Waals surface area contributed by atoms with Crippen LogP contribution in [0.1, 0.15) is 32.6 Å². The average molecular weight is 181 g/mol. The fourth-order valence-electron chi connectivity index (χ4n) is 1.46. The fourth-order valence-corrected chi connectivity index (χ4v) is 1.46. The van der Waals surface area contributed by atoms with E-state index in [9.17, 15) is 0 Å². The summed E-state index contributed by atoms with van der Waals surface area (Å²) >= 11 is 0. The lowest BCUT2D eigenvalue weighted by Gasteiger charge is -2.13. The van der Waals surface area contributed by atoms with Gasteiger partial charge in [-0.2, -0.15) is 0 Å². The van der Waals surface area contributed by atoms with Crippen LogP contribution in [0.25, 0.3) is 0 Å². The Kier molecular flexibility index (Phi) is 4.03. The second-order valence-electron chi connectivity index (χ2n) is 3.76. The molecule has 0 aliphatic carbocycles. The Morgan fingerprint density at radius 3 is 3.08 bits per heavy atom. The normalized spacial score (nSPS) is 22.8. The monoisotopic (exact) mass is 181 g/mol. The van der Waals surface area contributed by atoms with Crippen LogP contribution in [0.15, 0.2) is 24.5 Å². The minimum absolute atomic E-state index is 0.230. The molecule has 2 N–H and O–H groups in total. The van der Waals surface area contributed by atoms with E-state index in [0.29, 0.717) is 6.04 Å². The van der Waals surface area contributed by atoms with Gasteiger partial charge in [0.05, 0.1) is 6.26 Å². The summed E-state index contributed by atoms with van der Waals surface area (Å²) in [5.74, 6) is 0. The molecule has 0 spiro atoms. The van der Waals surface area contributed by atoms with Gasteiger partial charge in [-0.1, -0.05) is 6.58 Å². The molecular weight excluding hydrogens is 162 g/mol. The van der Waals surface area contributed by atoms with Crippen LogP contribution in [0.5, 0.6) is 0 Å². The largest absolute Gasteiger partial charge is 0.494 e. The third-order valence-electron chi connectivity index (χ3n) is 2.30. The Balaban J connectivity index is 2.11. The Bertz CT molecular complexity index is 188. The maximum atomic E-state index is 5.66. The van der Waals surface area contributed by atoms with Crippen molar-refractivity contribution in [3.05, 3.63) is 24.5 Å². The highest BCUT2D eigenvalue weighted by molar-refractivity contribution is 5.08. The molecule has 0 radical (unpaired) electrons. The Morgan fingerprint density at radius 2 is 2.54 bits per heavy atom. The summed E-state index contributed by atoms with van der Waals surface area (Å²) in [6.45, 7) is 6.07. The minimum atomic E-state index is 0.230. The van der Waals surface area contributed by atoms with Gasteiger partial charge in [-0.25, -0.2) is 0 Å². The van der Waals surface area contributed by atoms with Gasteiger partial charge in [0.1, 0.15) is 6.10 Å². The summed E-state index contributed by atoms with van der Waals surface area (Å²) in [5, 5.41) is 0. The lowest BCUT2D eigenvalue weighted by Crippen LogP contribution is -2.15. The number of nitrogens with two attached hydrogens (primary N) is 1. The van der Waals surface area contributed by atoms with Gasteiger partial charge in [-0.3, -0.25) is 0 Å². The molecule has 13 heavy (non-hydrogen) atoms. The van der Waals surface area contributed by atoms with Crippen LogP contribution in [0.2, 0.25) is 0 Å². The van der Waals surface area contributed by atoms with E-state index in [0.717, 1.165) is 25.7 Å². The predicted molar refractivity (Wildman–Crippen MR) is 55.3 cm³/mol. The SMILES string of the molecule is C=C(CCCC(C)N)C1CC=CO1. The third kappa shape index (κ3) is 3.64. The standard InChI is InChI=1S/C11H19NO/c1-9(5-3-6-10(2)12)11-7-4-8-13-11/h4,8,10-11H,1,3,5-7,12H2,2H3. The first-order valence-electron chi connectivity index (χ1n) is 4.94. The zero-order chi connectivity index (χ0) is 9.68. The van der Waals surface area contributed by atoms with Gasteiger partial charge in [0, 0.05) is 12.5 Å². The van der Waals surface area contributed by atoms with Gasteiger partial charge < -0.3 is 10.5 Å². The van der Waals surface area contributed by atoms with Gasteiger partial charge in [0.25, 0.3) is 0 Å². The Hall–Kier alpha value is -0.760. The van der Waals surface area contributed by atoms with Crippen molar-refractivity contribution in [3.63, 3.8) is 0 Å². The lowest BCUT2D eigenvalue weighted by molar-refractivity contribution is 0.199. The van der Waals surface area contributed by atoms with Crippen molar-refractivity contribution in [2.75, 3.05) is 0 Å². The van der Waals surface area contributed by atoms with E-state index in [2.05, 4.69) is 6.58 Å². The molecule has 0 aromatic carbocycles. The molecule has 2 heteroatoms. The van der Waals surface area contributed by atoms with Gasteiger partial charge in [0.15, 0.2) is 0 Å². The molecule has 2 unspecified atom stereocenters. The second-order valence-corrected chi connectivity index (χ2v) is 3.76. The molecule has 2 nitrogen and oxygen atoms in total. The van der Waals surface area contributed by atoms with Crippen molar-refractivity contribution in [1.29, 1.82) is 0 Å². The number of hydrogen-bond donors (Lipinski definition) is 1. The van der Waals surface area contributed by atoms with Gasteiger partial charge in [0.2, 0.25) is 0 Å². The molecule has 0 saturated heterocycles. The first-order valence-corrected chi connectivity index (χ1v) is 4.94. The summed E-state index contributed by atoms with van der Waals surface area (Å²) in [6.07, 6.45) is 8.25. The van der Waals surface area contributed by atoms with Crippen LogP contribution in [0.3, 0.4) is 0 Å². The Morgan fingerprint density at radius 1 is 1.77 bits per heavy atom. The quantitative estimate of drug-likeness (QED) is 0.661. The average Bonchev–Trinajstić information content (AvgIpc) is 2.55. The van der Waals surface area contributed by atoms with Crippen molar-refractivity contribution in [3.8, 4) is 0 Å². The molecule has 0 fully saturated rings. The molecule has 0 bridgehead atoms. The molecular formula is C11H19NO. The highest BCUT2D eigenvalue weighted by Gasteiger charge is 2.14. The van der Waals surface area contributed by atoms with E-state index in [1.54, 1.807) is 6.26 Å². The summed E-state index contributed by atoms with van der Waals surface area (Å²) in [5.41, 5.74) is 6.86. The number of hydrogen-bond acceptors (Lipinski definition) is 2. The van der Waals surface area contributed by atoms with E-state index in [4.69, 9.17) is 10.5 Å². The van der Waals surface area contributed by atoms with Crippen molar-refractivity contribution in [1.82, 2.24) is 0 Å². The van der Waals surface area contributed by atoms with Crippen molar-refractivity contribution < 1.29 is 4.74 Å². The highest BCUT2D eigenvalue weighted by Crippen LogP contribution is 2.20. The maximum absolute atomic E-state index is 5.66. The van der Waals surface area contributed by atoms with E-state index in [1.807, 2.05) is 13.0 Å². The lowest BCUT2D eigenvalue weighted by atomic mass is 10.0. The van der Waals surface area contributed by atoms with Crippen LogP contribution in [-0.4, -0.2) is 12.1 Å². The number of rotatable bonds is 5. The van der Waals surface area contributed by atoms with Crippen LogP contribution in [0.4, 0.5) is 0 Å². The van der Waals surface area contributed by atoms with E-state index < -0.39 is 0 Å². The first kappa shape index (κ1) is 10.3. The number of ether oxygens (including phenoxy) is 1. The zero-order valence-corrected chi connectivity index (χ0v) is 8.33. The summed E-state index contributed by atoms with van der Waals surface area (Å²) in [7, 11) is 0. The molecule has 0 saturated carbocycles. The minimum Gasteiger partial charge on any atom is -0.494 e. The molecule has 1 aliphatic rings. The van der Waals surface area contributed by atoms with E-state index >= 15 is 0 Å². The fraction of sp³-hybridized carbons (Fsp3) is 0.636. The van der Waals surface area contributed by atoms with Crippen LogP contribution < -0.4 is 5.73 Å². The van der Waals surface area contributed by atoms with Crippen LogP contribution in [-0.2, 0) is 4.74 Å². The van der Waals surface area contributed by atoms with E-state index in [-0.39, 0.29) is 6.10 Å².